The van der Waals surface area contributed by atoms with E-state index in [2.05, 4.69) is 5.16 Å². The molecule has 74 valence electrons. The zero-order valence-electron chi connectivity index (χ0n) is 7.90. The van der Waals surface area contributed by atoms with Gasteiger partial charge in [0, 0.05) is 12.0 Å². The molecule has 0 bridgehead atoms. The van der Waals surface area contributed by atoms with Gasteiger partial charge in [0.05, 0.1) is 0 Å². The summed E-state index contributed by atoms with van der Waals surface area (Å²) < 4.78 is 5.53. The molecule has 3 N–H and O–H groups in total. The van der Waals surface area contributed by atoms with Crippen molar-refractivity contribution in [1.29, 1.82) is 0 Å². The lowest BCUT2D eigenvalue weighted by molar-refractivity contribution is 0.254. The van der Waals surface area contributed by atoms with E-state index < -0.39 is 0 Å². The highest BCUT2D eigenvalue weighted by Gasteiger charge is 2.19. The molecule has 1 aliphatic rings. The second kappa shape index (κ2) is 3.21. The second-order valence-electron chi connectivity index (χ2n) is 3.44. The molecular weight excluding hydrogens is 180 g/mol. The summed E-state index contributed by atoms with van der Waals surface area (Å²) in [6, 6.07) is 5.53. The normalized spacial score (nSPS) is 20.4. The van der Waals surface area contributed by atoms with E-state index in [0.29, 0.717) is 0 Å². The lowest BCUT2D eigenvalue weighted by Gasteiger charge is -2.02. The van der Waals surface area contributed by atoms with Gasteiger partial charge in [0.25, 0.3) is 0 Å². The summed E-state index contributed by atoms with van der Waals surface area (Å²) in [6.45, 7) is 2.02. The molecule has 0 aliphatic carbocycles. The molecule has 0 amide bonds. The minimum Gasteiger partial charge on any atom is -0.490 e. The molecule has 0 saturated heterocycles. The number of benzene rings is 1. The largest absolute Gasteiger partial charge is 0.490 e. The molecule has 1 unspecified atom stereocenters. The first-order valence-electron chi connectivity index (χ1n) is 4.48. The molecule has 1 atom stereocenters. The summed E-state index contributed by atoms with van der Waals surface area (Å²) in [5.74, 6) is 1.03. The van der Waals surface area contributed by atoms with E-state index in [4.69, 9.17) is 15.7 Å². The number of fused-ring (bicyclic) bond motifs is 1. The van der Waals surface area contributed by atoms with Crippen LogP contribution in [0.15, 0.2) is 23.4 Å². The number of amidine groups is 1. The van der Waals surface area contributed by atoms with E-state index in [1.54, 1.807) is 6.07 Å². The van der Waals surface area contributed by atoms with Crippen LogP contribution in [0.2, 0.25) is 0 Å². The van der Waals surface area contributed by atoms with Gasteiger partial charge in [-0.2, -0.15) is 0 Å². The van der Waals surface area contributed by atoms with E-state index in [-0.39, 0.29) is 11.9 Å². The fourth-order valence-electron chi connectivity index (χ4n) is 1.64. The number of oxime groups is 1. The Labute approximate surface area is 82.0 Å². The topological polar surface area (TPSA) is 67.8 Å². The van der Waals surface area contributed by atoms with E-state index >= 15 is 0 Å². The van der Waals surface area contributed by atoms with Gasteiger partial charge in [0.2, 0.25) is 0 Å². The quantitative estimate of drug-likeness (QED) is 0.303. The Bertz CT molecular complexity index is 388. The van der Waals surface area contributed by atoms with Crippen molar-refractivity contribution in [2.45, 2.75) is 19.4 Å². The molecule has 0 fully saturated rings. The monoisotopic (exact) mass is 192 g/mol. The first-order chi connectivity index (χ1) is 6.70. The number of rotatable bonds is 1. The van der Waals surface area contributed by atoms with Gasteiger partial charge in [-0.15, -0.1) is 0 Å². The predicted molar refractivity (Wildman–Crippen MR) is 52.7 cm³/mol. The lowest BCUT2D eigenvalue weighted by Crippen LogP contribution is -2.12. The summed E-state index contributed by atoms with van der Waals surface area (Å²) in [4.78, 5) is 0. The van der Waals surface area contributed by atoms with E-state index in [0.717, 1.165) is 23.3 Å². The van der Waals surface area contributed by atoms with Crippen molar-refractivity contribution >= 4 is 5.84 Å². The Morgan fingerprint density at radius 1 is 1.64 bits per heavy atom. The molecule has 1 heterocycles. The van der Waals surface area contributed by atoms with Gasteiger partial charge in [-0.1, -0.05) is 5.16 Å². The van der Waals surface area contributed by atoms with Crippen molar-refractivity contribution in [3.8, 4) is 5.75 Å². The molecule has 4 nitrogen and oxygen atoms in total. The Morgan fingerprint density at radius 2 is 2.43 bits per heavy atom. The van der Waals surface area contributed by atoms with E-state index in [9.17, 15) is 0 Å². The molecule has 1 aromatic rings. The molecule has 14 heavy (non-hydrogen) atoms. The Morgan fingerprint density at radius 3 is 3.14 bits per heavy atom. The summed E-state index contributed by atoms with van der Waals surface area (Å²) in [5, 5.41) is 11.5. The summed E-state index contributed by atoms with van der Waals surface area (Å²) in [6.07, 6.45) is 1.09. The minimum absolute atomic E-state index is 0.132. The average Bonchev–Trinajstić information content (AvgIpc) is 2.55. The molecular formula is C10H12N2O2. The highest BCUT2D eigenvalue weighted by Crippen LogP contribution is 2.29. The van der Waals surface area contributed by atoms with Gasteiger partial charge in [-0.3, -0.25) is 0 Å². The fraction of sp³-hybridized carbons (Fsp3) is 0.300. The number of hydrogen-bond donors (Lipinski definition) is 2. The third kappa shape index (κ3) is 1.39. The van der Waals surface area contributed by atoms with Crippen LogP contribution in [-0.2, 0) is 6.42 Å². The van der Waals surface area contributed by atoms with Crippen LogP contribution in [0.4, 0.5) is 0 Å². The molecule has 1 aromatic carbocycles. The van der Waals surface area contributed by atoms with Gasteiger partial charge in [0.1, 0.15) is 11.9 Å². The van der Waals surface area contributed by atoms with Crippen LogP contribution in [0.5, 0.6) is 5.75 Å². The number of nitrogens with two attached hydrogens (primary N) is 1. The van der Waals surface area contributed by atoms with Gasteiger partial charge < -0.3 is 15.7 Å². The predicted octanol–water partition coefficient (Wildman–Crippen LogP) is 1.10. The Kier molecular flexibility index (Phi) is 2.04. The maximum atomic E-state index is 8.52. The molecule has 1 aliphatic heterocycles. The van der Waals surface area contributed by atoms with Gasteiger partial charge in [-0.25, -0.2) is 0 Å². The zero-order chi connectivity index (χ0) is 10.1. The number of ether oxygens (including phenoxy) is 1. The van der Waals surface area contributed by atoms with Crippen molar-refractivity contribution in [3.05, 3.63) is 29.3 Å². The highest BCUT2D eigenvalue weighted by molar-refractivity contribution is 5.97. The Hall–Kier alpha value is -1.71. The first kappa shape index (κ1) is 8.87. The Balaban J connectivity index is 2.38. The second-order valence-corrected chi connectivity index (χ2v) is 3.44. The summed E-state index contributed by atoms with van der Waals surface area (Å²) >= 11 is 0. The summed E-state index contributed by atoms with van der Waals surface area (Å²) in [7, 11) is 0. The zero-order valence-corrected chi connectivity index (χ0v) is 7.90. The van der Waals surface area contributed by atoms with Gasteiger partial charge in [-0.05, 0) is 30.7 Å². The third-order valence-corrected chi connectivity index (χ3v) is 2.30. The van der Waals surface area contributed by atoms with E-state index in [1.165, 1.54) is 0 Å². The molecule has 4 heteroatoms. The molecule has 0 saturated carbocycles. The lowest BCUT2D eigenvalue weighted by atomic mass is 10.1. The summed E-state index contributed by atoms with van der Waals surface area (Å²) in [5.41, 5.74) is 7.32. The first-order valence-corrected chi connectivity index (χ1v) is 4.48. The molecule has 0 spiro atoms. The smallest absolute Gasteiger partial charge is 0.170 e. The van der Waals surface area contributed by atoms with Crippen molar-refractivity contribution in [3.63, 3.8) is 0 Å². The van der Waals surface area contributed by atoms with Crippen molar-refractivity contribution < 1.29 is 9.94 Å². The van der Waals surface area contributed by atoms with Crippen LogP contribution < -0.4 is 10.5 Å². The van der Waals surface area contributed by atoms with Crippen LogP contribution in [0.3, 0.4) is 0 Å². The number of nitrogens with zero attached hydrogens (tertiary/aromatic N) is 1. The highest BCUT2D eigenvalue weighted by atomic mass is 16.5. The molecule has 0 radical (unpaired) electrons. The third-order valence-electron chi connectivity index (χ3n) is 2.30. The van der Waals surface area contributed by atoms with E-state index in [1.807, 2.05) is 19.1 Å². The maximum absolute atomic E-state index is 8.52. The van der Waals surface area contributed by atoms with Gasteiger partial charge >= 0.3 is 0 Å². The maximum Gasteiger partial charge on any atom is 0.170 e. The molecule has 2 rings (SSSR count). The van der Waals surface area contributed by atoms with Crippen LogP contribution in [0.1, 0.15) is 18.1 Å². The van der Waals surface area contributed by atoms with Crippen LogP contribution in [-0.4, -0.2) is 17.1 Å². The SMILES string of the molecule is CC1Cc2cc(/C(N)=N\O)ccc2O1. The standard InChI is InChI=1S/C10H12N2O2/c1-6-4-8-5-7(10(11)12-13)2-3-9(8)14-6/h2-3,5-6,13H,4H2,1H3,(H2,11,12). The fourth-order valence-corrected chi connectivity index (χ4v) is 1.64. The van der Waals surface area contributed by atoms with Crippen molar-refractivity contribution in [2.75, 3.05) is 0 Å². The van der Waals surface area contributed by atoms with Crippen LogP contribution >= 0.6 is 0 Å². The van der Waals surface area contributed by atoms with Crippen LogP contribution in [0.25, 0.3) is 0 Å². The van der Waals surface area contributed by atoms with Crippen molar-refractivity contribution in [1.82, 2.24) is 0 Å². The molecule has 0 aromatic heterocycles. The average molecular weight is 192 g/mol. The number of hydrogen-bond acceptors (Lipinski definition) is 3. The van der Waals surface area contributed by atoms with Gasteiger partial charge in [0.15, 0.2) is 5.84 Å². The van der Waals surface area contributed by atoms with Crippen molar-refractivity contribution in [2.24, 2.45) is 10.9 Å². The minimum atomic E-state index is 0.132. The van der Waals surface area contributed by atoms with Crippen LogP contribution in [0, 0.1) is 0 Å².